The standard InChI is InChI=1S/C18H22FN3O4/c19-13-11-12(20-14-2-4-16(23)21-17(14)24)1-3-15(13)22-7-5-18(6-8-22)25-9-10-26-18/h1,3,11,14,20H,2,4-10H2,(H,21,23,24)/t14-/m1/s1. The van der Waals surface area contributed by atoms with Crippen LogP contribution in [-0.4, -0.2) is 49.9 Å². The number of rotatable bonds is 3. The van der Waals surface area contributed by atoms with E-state index in [0.29, 0.717) is 56.9 Å². The normalized spacial score (nSPS) is 25.4. The van der Waals surface area contributed by atoms with Gasteiger partial charge < -0.3 is 19.7 Å². The van der Waals surface area contributed by atoms with E-state index in [0.717, 1.165) is 0 Å². The van der Waals surface area contributed by atoms with Crippen LogP contribution in [-0.2, 0) is 19.1 Å². The molecule has 8 heteroatoms. The average molecular weight is 363 g/mol. The monoisotopic (exact) mass is 363 g/mol. The van der Waals surface area contributed by atoms with Crippen molar-refractivity contribution in [1.29, 1.82) is 0 Å². The van der Waals surface area contributed by atoms with E-state index in [2.05, 4.69) is 10.6 Å². The SMILES string of the molecule is O=C1CC[C@@H](Nc2ccc(N3CCC4(CC3)OCCO4)c(F)c2)C(=O)N1. The Morgan fingerprint density at radius 3 is 2.58 bits per heavy atom. The first kappa shape index (κ1) is 17.2. The minimum atomic E-state index is -0.524. The lowest BCUT2D eigenvalue weighted by molar-refractivity contribution is -0.169. The van der Waals surface area contributed by atoms with Crippen LogP contribution >= 0.6 is 0 Å². The largest absolute Gasteiger partial charge is 0.374 e. The predicted octanol–water partition coefficient (Wildman–Crippen LogP) is 1.39. The van der Waals surface area contributed by atoms with Gasteiger partial charge in [0.05, 0.1) is 18.9 Å². The molecule has 0 aromatic heterocycles. The van der Waals surface area contributed by atoms with Gasteiger partial charge in [0.25, 0.3) is 0 Å². The number of nitrogens with zero attached hydrogens (tertiary/aromatic N) is 1. The maximum absolute atomic E-state index is 14.6. The van der Waals surface area contributed by atoms with E-state index in [-0.39, 0.29) is 24.1 Å². The van der Waals surface area contributed by atoms with Gasteiger partial charge in [0.1, 0.15) is 11.9 Å². The second kappa shape index (κ2) is 6.85. The highest BCUT2D eigenvalue weighted by molar-refractivity contribution is 6.01. The summed E-state index contributed by atoms with van der Waals surface area (Å²) in [5, 5.41) is 5.28. The van der Waals surface area contributed by atoms with Crippen molar-refractivity contribution in [3.05, 3.63) is 24.0 Å². The van der Waals surface area contributed by atoms with Gasteiger partial charge in [0.2, 0.25) is 11.8 Å². The lowest BCUT2D eigenvalue weighted by Crippen LogP contribution is -2.47. The minimum absolute atomic E-state index is 0.271. The smallest absolute Gasteiger partial charge is 0.249 e. The van der Waals surface area contributed by atoms with Crippen molar-refractivity contribution in [2.24, 2.45) is 0 Å². The molecule has 3 aliphatic heterocycles. The Labute approximate surface area is 150 Å². The molecule has 0 radical (unpaired) electrons. The lowest BCUT2D eigenvalue weighted by atomic mass is 10.0. The molecule has 3 heterocycles. The molecule has 1 spiro atoms. The summed E-state index contributed by atoms with van der Waals surface area (Å²) in [5.41, 5.74) is 1.06. The van der Waals surface area contributed by atoms with Gasteiger partial charge in [-0.15, -0.1) is 0 Å². The third-order valence-electron chi connectivity index (χ3n) is 5.21. The molecule has 2 N–H and O–H groups in total. The van der Waals surface area contributed by atoms with Gasteiger partial charge in [-0.1, -0.05) is 0 Å². The van der Waals surface area contributed by atoms with Crippen LogP contribution in [0.3, 0.4) is 0 Å². The Morgan fingerprint density at radius 2 is 1.92 bits per heavy atom. The molecule has 0 aliphatic carbocycles. The average Bonchev–Trinajstić information content (AvgIpc) is 3.07. The number of amides is 2. The van der Waals surface area contributed by atoms with Crippen LogP contribution in [0.25, 0.3) is 0 Å². The number of imide groups is 1. The van der Waals surface area contributed by atoms with E-state index in [1.165, 1.54) is 6.07 Å². The molecule has 7 nitrogen and oxygen atoms in total. The zero-order valence-electron chi connectivity index (χ0n) is 14.4. The highest BCUT2D eigenvalue weighted by Crippen LogP contribution is 2.34. The van der Waals surface area contributed by atoms with Gasteiger partial charge in [-0.05, 0) is 24.6 Å². The number of halogens is 1. The molecule has 1 aromatic carbocycles. The van der Waals surface area contributed by atoms with Gasteiger partial charge in [-0.25, -0.2) is 4.39 Å². The second-order valence-electron chi connectivity index (χ2n) is 6.91. The number of piperidine rings is 2. The Bertz CT molecular complexity index is 710. The van der Waals surface area contributed by atoms with E-state index in [4.69, 9.17) is 9.47 Å². The van der Waals surface area contributed by atoms with Crippen LogP contribution in [0, 0.1) is 5.82 Å². The molecule has 4 rings (SSSR count). The molecule has 0 saturated carbocycles. The Hall–Kier alpha value is -2.19. The summed E-state index contributed by atoms with van der Waals surface area (Å²) in [4.78, 5) is 25.0. The second-order valence-corrected chi connectivity index (χ2v) is 6.91. The number of carbonyl (C=O) groups excluding carboxylic acids is 2. The highest BCUT2D eigenvalue weighted by atomic mass is 19.1. The molecule has 0 bridgehead atoms. The molecular weight excluding hydrogens is 341 g/mol. The fourth-order valence-electron chi connectivity index (χ4n) is 3.76. The summed E-state index contributed by atoms with van der Waals surface area (Å²) in [6.07, 6.45) is 2.11. The van der Waals surface area contributed by atoms with Crippen LogP contribution in [0.2, 0.25) is 0 Å². The number of anilines is 2. The Kier molecular flexibility index (Phi) is 4.54. The summed E-state index contributed by atoms with van der Waals surface area (Å²) >= 11 is 0. The number of hydrogen-bond donors (Lipinski definition) is 2. The van der Waals surface area contributed by atoms with Crippen molar-refractivity contribution in [2.75, 3.05) is 36.5 Å². The third kappa shape index (κ3) is 3.39. The first-order valence-electron chi connectivity index (χ1n) is 8.97. The summed E-state index contributed by atoms with van der Waals surface area (Å²) in [6.45, 7) is 2.57. The molecule has 1 atom stereocenters. The maximum atomic E-state index is 14.6. The van der Waals surface area contributed by atoms with Crippen molar-refractivity contribution in [2.45, 2.75) is 37.5 Å². The van der Waals surface area contributed by atoms with Crippen LogP contribution in [0.15, 0.2) is 18.2 Å². The molecular formula is C18H22FN3O4. The van der Waals surface area contributed by atoms with Crippen LogP contribution in [0.4, 0.5) is 15.8 Å². The quantitative estimate of drug-likeness (QED) is 0.790. The summed E-state index contributed by atoms with van der Waals surface area (Å²) < 4.78 is 26.0. The van der Waals surface area contributed by atoms with Gasteiger partial charge in [-0.3, -0.25) is 14.9 Å². The van der Waals surface area contributed by atoms with Crippen LogP contribution in [0.5, 0.6) is 0 Å². The summed E-state index contributed by atoms with van der Waals surface area (Å²) in [7, 11) is 0. The molecule has 3 saturated heterocycles. The van der Waals surface area contributed by atoms with Crippen LogP contribution < -0.4 is 15.5 Å². The highest BCUT2D eigenvalue weighted by Gasteiger charge is 2.40. The van der Waals surface area contributed by atoms with Gasteiger partial charge in [0, 0.05) is 38.0 Å². The van der Waals surface area contributed by atoms with Crippen molar-refractivity contribution in [1.82, 2.24) is 5.32 Å². The molecule has 140 valence electrons. The number of hydrogen-bond acceptors (Lipinski definition) is 6. The number of carbonyl (C=O) groups is 2. The van der Waals surface area contributed by atoms with Crippen molar-refractivity contribution in [3.63, 3.8) is 0 Å². The van der Waals surface area contributed by atoms with E-state index in [1.54, 1.807) is 12.1 Å². The maximum Gasteiger partial charge on any atom is 0.249 e. The number of ether oxygens (including phenoxy) is 2. The topological polar surface area (TPSA) is 79.9 Å². The zero-order valence-corrected chi connectivity index (χ0v) is 14.4. The van der Waals surface area contributed by atoms with Crippen molar-refractivity contribution >= 4 is 23.2 Å². The molecule has 0 unspecified atom stereocenters. The first-order valence-corrected chi connectivity index (χ1v) is 8.97. The van der Waals surface area contributed by atoms with Crippen molar-refractivity contribution in [3.8, 4) is 0 Å². The van der Waals surface area contributed by atoms with E-state index >= 15 is 0 Å². The molecule has 2 amide bonds. The number of benzene rings is 1. The predicted molar refractivity (Wildman–Crippen MR) is 92.3 cm³/mol. The summed E-state index contributed by atoms with van der Waals surface area (Å²) in [6, 6.07) is 4.35. The van der Waals surface area contributed by atoms with Crippen LogP contribution in [0.1, 0.15) is 25.7 Å². The number of nitrogens with one attached hydrogen (secondary N) is 2. The van der Waals surface area contributed by atoms with E-state index in [9.17, 15) is 14.0 Å². The molecule has 1 aromatic rings. The van der Waals surface area contributed by atoms with Crippen molar-refractivity contribution < 1.29 is 23.5 Å². The lowest BCUT2D eigenvalue weighted by Gasteiger charge is -2.38. The van der Waals surface area contributed by atoms with Gasteiger partial charge >= 0.3 is 0 Å². The fourth-order valence-corrected chi connectivity index (χ4v) is 3.76. The first-order chi connectivity index (χ1) is 12.5. The van der Waals surface area contributed by atoms with Gasteiger partial charge in [-0.2, -0.15) is 0 Å². The van der Waals surface area contributed by atoms with E-state index < -0.39 is 11.8 Å². The van der Waals surface area contributed by atoms with E-state index in [1.807, 2.05) is 4.90 Å². The molecule has 3 fully saturated rings. The fraction of sp³-hybridized carbons (Fsp3) is 0.556. The third-order valence-corrected chi connectivity index (χ3v) is 5.21. The molecule has 26 heavy (non-hydrogen) atoms. The Morgan fingerprint density at radius 1 is 1.19 bits per heavy atom. The zero-order chi connectivity index (χ0) is 18.1. The minimum Gasteiger partial charge on any atom is -0.374 e. The van der Waals surface area contributed by atoms with Gasteiger partial charge in [0.15, 0.2) is 5.79 Å². The Balaban J connectivity index is 1.40. The molecule has 3 aliphatic rings. The summed E-state index contributed by atoms with van der Waals surface area (Å²) in [5.74, 6) is -1.47.